The minimum Gasteiger partial charge on any atom is -0.505 e. The Labute approximate surface area is 183 Å². The summed E-state index contributed by atoms with van der Waals surface area (Å²) in [5, 5.41) is 11.1. The number of fused-ring (bicyclic) bond motifs is 5. The molecule has 0 unspecified atom stereocenters. The van der Waals surface area contributed by atoms with Gasteiger partial charge in [0.15, 0.2) is 5.75 Å². The zero-order valence-electron chi connectivity index (χ0n) is 16.8. The molecule has 2 N–H and O–H groups in total. The second-order valence-corrected chi connectivity index (χ2v) is 7.61. The van der Waals surface area contributed by atoms with E-state index in [9.17, 15) is 9.90 Å². The van der Waals surface area contributed by atoms with Crippen LogP contribution in [-0.2, 0) is 0 Å². The lowest BCUT2D eigenvalue weighted by Gasteiger charge is -2.02. The summed E-state index contributed by atoms with van der Waals surface area (Å²) >= 11 is 0. The first-order valence-electron chi connectivity index (χ1n) is 10.1. The van der Waals surface area contributed by atoms with Crippen LogP contribution in [-0.4, -0.2) is 33.0 Å². The van der Waals surface area contributed by atoms with Crippen LogP contribution < -0.4 is 0 Å². The van der Waals surface area contributed by atoms with E-state index in [1.54, 1.807) is 12.2 Å². The highest BCUT2D eigenvalue weighted by Crippen LogP contribution is 2.38. The number of aliphatic imine (C=N–C) groups is 3. The van der Waals surface area contributed by atoms with E-state index in [-0.39, 0.29) is 22.9 Å². The molecule has 5 heterocycles. The lowest BCUT2D eigenvalue weighted by atomic mass is 10.0. The van der Waals surface area contributed by atoms with E-state index in [0.29, 0.717) is 22.7 Å². The van der Waals surface area contributed by atoms with E-state index in [1.807, 2.05) is 72.9 Å². The number of nitrogens with one attached hydrogen (secondary N) is 1. The number of carbonyl (C=O) groups is 1. The number of aromatic amines is 1. The molecule has 0 atom stereocenters. The molecule has 6 rings (SSSR count). The van der Waals surface area contributed by atoms with Crippen molar-refractivity contribution < 1.29 is 9.90 Å². The number of carbonyl (C=O) groups excluding carboxylic acids is 1. The van der Waals surface area contributed by atoms with Gasteiger partial charge in [0.25, 0.3) is 0 Å². The molecule has 152 valence electrons. The Balaban J connectivity index is 1.58. The van der Waals surface area contributed by atoms with Crippen molar-refractivity contribution in [3.8, 4) is 16.9 Å². The van der Waals surface area contributed by atoms with Crippen LogP contribution in [0.3, 0.4) is 0 Å². The fourth-order valence-electron chi connectivity index (χ4n) is 3.95. The highest BCUT2D eigenvalue weighted by Gasteiger charge is 2.26. The van der Waals surface area contributed by atoms with Crippen LogP contribution in [0, 0.1) is 0 Å². The van der Waals surface area contributed by atoms with Crippen LogP contribution in [0.5, 0.6) is 5.75 Å². The van der Waals surface area contributed by atoms with Crippen LogP contribution in [0.25, 0.3) is 17.2 Å². The van der Waals surface area contributed by atoms with E-state index >= 15 is 0 Å². The van der Waals surface area contributed by atoms with Crippen molar-refractivity contribution in [3.63, 3.8) is 0 Å². The average Bonchev–Trinajstić information content (AvgIpc) is 3.58. The van der Waals surface area contributed by atoms with Gasteiger partial charge in [-0.1, -0.05) is 30.3 Å². The summed E-state index contributed by atoms with van der Waals surface area (Å²) in [6, 6.07) is 9.46. The van der Waals surface area contributed by atoms with Crippen molar-refractivity contribution in [1.82, 2.24) is 4.98 Å². The molecule has 6 nitrogen and oxygen atoms in total. The smallest absolute Gasteiger partial charge is 0.231 e. The maximum absolute atomic E-state index is 13.2. The van der Waals surface area contributed by atoms with Gasteiger partial charge in [0.2, 0.25) is 5.78 Å². The van der Waals surface area contributed by atoms with Gasteiger partial charge in [-0.2, -0.15) is 0 Å². The first-order valence-corrected chi connectivity index (χ1v) is 10.1. The average molecular weight is 416 g/mol. The van der Waals surface area contributed by atoms with Crippen molar-refractivity contribution in [2.45, 2.75) is 0 Å². The zero-order chi connectivity index (χ0) is 21.7. The maximum Gasteiger partial charge on any atom is 0.231 e. The number of Topliss-reactive ketones (excluding diaryl/α,β-unsaturated/α-hetero) is 1. The SMILES string of the molecule is O=C1C2=NC(=CC3=NC(=CC4=NC(=Cc5[nH]c1c(O)c5-c1ccccc1)C=C4)C=C3)C=C2. The Morgan fingerprint density at radius 3 is 2.06 bits per heavy atom. The number of hydrogen-bond donors (Lipinski definition) is 2. The molecule has 6 heteroatoms. The Morgan fingerprint density at radius 2 is 1.34 bits per heavy atom. The zero-order valence-corrected chi connectivity index (χ0v) is 16.8. The van der Waals surface area contributed by atoms with Crippen LogP contribution in [0.1, 0.15) is 16.2 Å². The van der Waals surface area contributed by atoms with E-state index in [1.165, 1.54) is 0 Å². The molecule has 0 saturated heterocycles. The van der Waals surface area contributed by atoms with Crippen LogP contribution >= 0.6 is 0 Å². The molecular weight excluding hydrogens is 400 g/mol. The van der Waals surface area contributed by atoms with E-state index in [0.717, 1.165) is 22.7 Å². The minimum absolute atomic E-state index is 0.0962. The second-order valence-electron chi connectivity index (χ2n) is 7.61. The number of nitrogens with zero attached hydrogens (tertiary/aromatic N) is 3. The van der Waals surface area contributed by atoms with Crippen LogP contribution in [0.15, 0.2) is 111 Å². The number of H-pyrrole nitrogens is 1. The summed E-state index contributed by atoms with van der Waals surface area (Å²) in [5.74, 6) is -0.489. The van der Waals surface area contributed by atoms with Crippen LogP contribution in [0.2, 0.25) is 0 Å². The summed E-state index contributed by atoms with van der Waals surface area (Å²) in [7, 11) is 0. The molecule has 1 aromatic heterocycles. The molecule has 0 radical (unpaired) electrons. The molecule has 0 saturated carbocycles. The number of ketones is 1. The Bertz CT molecular complexity index is 1470. The third-order valence-electron chi connectivity index (χ3n) is 5.44. The van der Waals surface area contributed by atoms with Gasteiger partial charge in [0.1, 0.15) is 11.4 Å². The molecule has 4 aliphatic rings. The van der Waals surface area contributed by atoms with Crippen molar-refractivity contribution in [3.05, 3.63) is 107 Å². The maximum atomic E-state index is 13.2. The third-order valence-corrected chi connectivity index (χ3v) is 5.44. The molecular formula is C26H16N4O2. The van der Waals surface area contributed by atoms with Crippen molar-refractivity contribution in [2.75, 3.05) is 0 Å². The number of aromatic nitrogens is 1. The minimum atomic E-state index is -0.383. The fourth-order valence-corrected chi connectivity index (χ4v) is 3.95. The quantitative estimate of drug-likeness (QED) is 0.704. The monoisotopic (exact) mass is 416 g/mol. The first-order chi connectivity index (χ1) is 15.6. The number of hydrogen-bond acceptors (Lipinski definition) is 5. The molecule has 0 aliphatic carbocycles. The molecule has 32 heavy (non-hydrogen) atoms. The van der Waals surface area contributed by atoms with Crippen LogP contribution in [0.4, 0.5) is 0 Å². The van der Waals surface area contributed by atoms with Crippen molar-refractivity contribution >= 4 is 29.0 Å². The highest BCUT2D eigenvalue weighted by atomic mass is 16.3. The van der Waals surface area contributed by atoms with Gasteiger partial charge in [-0.05, 0) is 60.2 Å². The number of rotatable bonds is 1. The number of aromatic hydroxyl groups is 1. The van der Waals surface area contributed by atoms with Crippen molar-refractivity contribution in [1.29, 1.82) is 0 Å². The van der Waals surface area contributed by atoms with Gasteiger partial charge in [0, 0.05) is 5.56 Å². The first kappa shape index (κ1) is 18.2. The fraction of sp³-hybridized carbons (Fsp3) is 0. The largest absolute Gasteiger partial charge is 0.505 e. The molecule has 1 aromatic carbocycles. The lowest BCUT2D eigenvalue weighted by molar-refractivity contribution is 0.106. The molecule has 2 aromatic rings. The Morgan fingerprint density at radius 1 is 0.719 bits per heavy atom. The summed E-state index contributed by atoms with van der Waals surface area (Å²) in [5.41, 5.74) is 5.92. The van der Waals surface area contributed by atoms with E-state index in [2.05, 4.69) is 20.0 Å². The van der Waals surface area contributed by atoms with E-state index < -0.39 is 0 Å². The highest BCUT2D eigenvalue weighted by molar-refractivity contribution is 6.51. The van der Waals surface area contributed by atoms with E-state index in [4.69, 9.17) is 0 Å². The predicted molar refractivity (Wildman–Crippen MR) is 126 cm³/mol. The molecule has 4 aliphatic heterocycles. The summed E-state index contributed by atoms with van der Waals surface area (Å²) in [4.78, 5) is 30.0. The third kappa shape index (κ3) is 3.06. The number of benzene rings is 1. The predicted octanol–water partition coefficient (Wildman–Crippen LogP) is 4.72. The van der Waals surface area contributed by atoms with Gasteiger partial charge < -0.3 is 10.1 Å². The summed E-state index contributed by atoms with van der Waals surface area (Å²) in [6.07, 6.45) is 16.6. The van der Waals surface area contributed by atoms with Gasteiger partial charge >= 0.3 is 0 Å². The molecule has 0 amide bonds. The van der Waals surface area contributed by atoms with Gasteiger partial charge in [-0.25, -0.2) is 15.0 Å². The number of allylic oxidation sites excluding steroid dienone is 8. The standard InChI is InChI=1S/C26H16N4O2/c31-25-21-11-10-19(29-21)13-18-7-6-16(27-18)12-17-8-9-20(28-17)14-22-23(26(32)24(25)30-22)15-4-2-1-3-5-15/h1-14,30,32H. The normalized spacial score (nSPS) is 18.3. The molecule has 8 bridgehead atoms. The topological polar surface area (TPSA) is 90.2 Å². The second kappa shape index (κ2) is 6.99. The summed E-state index contributed by atoms with van der Waals surface area (Å²) in [6.45, 7) is 0. The van der Waals surface area contributed by atoms with Gasteiger partial charge in [0.05, 0.1) is 34.2 Å². The lowest BCUT2D eigenvalue weighted by Crippen LogP contribution is -2.11. The Hall–Kier alpha value is -4.58. The van der Waals surface area contributed by atoms with Gasteiger partial charge in [-0.15, -0.1) is 0 Å². The van der Waals surface area contributed by atoms with Crippen molar-refractivity contribution in [2.24, 2.45) is 15.0 Å². The Kier molecular flexibility index (Phi) is 3.98. The summed E-state index contributed by atoms with van der Waals surface area (Å²) < 4.78 is 0. The molecule has 0 fully saturated rings. The molecule has 0 spiro atoms. The van der Waals surface area contributed by atoms with Gasteiger partial charge in [-0.3, -0.25) is 4.79 Å².